The summed E-state index contributed by atoms with van der Waals surface area (Å²) in [7, 11) is 0. The molecule has 9 heteroatoms. The first kappa shape index (κ1) is 23.4. The average molecular weight is 518 g/mol. The molecule has 3 aliphatic heterocycles. The largest absolute Gasteiger partial charge is 0.454 e. The number of halogens is 1. The number of piperidine rings is 1. The average Bonchev–Trinajstić information content (AvgIpc) is 3.37. The number of fused-ring (bicyclic) bond motifs is 5. The van der Waals surface area contributed by atoms with Gasteiger partial charge in [-0.15, -0.1) is 0 Å². The van der Waals surface area contributed by atoms with Gasteiger partial charge >= 0.3 is 0 Å². The fourth-order valence-corrected chi connectivity index (χ4v) is 5.61. The van der Waals surface area contributed by atoms with Crippen molar-refractivity contribution in [3.63, 3.8) is 0 Å². The van der Waals surface area contributed by atoms with Crippen molar-refractivity contribution in [3.05, 3.63) is 98.6 Å². The number of ether oxygens (including phenoxy) is 2. The van der Waals surface area contributed by atoms with Crippen LogP contribution in [0.5, 0.6) is 11.5 Å². The molecule has 3 aromatic rings. The zero-order chi connectivity index (χ0) is 25.5. The van der Waals surface area contributed by atoms with E-state index >= 15 is 0 Å². The van der Waals surface area contributed by atoms with Crippen LogP contribution in [0.15, 0.2) is 71.2 Å². The zero-order valence-electron chi connectivity index (χ0n) is 19.9. The van der Waals surface area contributed by atoms with Gasteiger partial charge < -0.3 is 24.3 Å². The number of rotatable bonds is 4. The number of hydrogen-bond donors (Lipinski definition) is 1. The van der Waals surface area contributed by atoms with E-state index in [1.54, 1.807) is 65.6 Å². The minimum Gasteiger partial charge on any atom is -0.454 e. The van der Waals surface area contributed by atoms with Crippen LogP contribution in [0.1, 0.15) is 34.0 Å². The molecule has 2 atom stereocenters. The van der Waals surface area contributed by atoms with Crippen LogP contribution in [-0.2, 0) is 11.3 Å². The van der Waals surface area contributed by atoms with Gasteiger partial charge in [0.15, 0.2) is 11.5 Å². The lowest BCUT2D eigenvalue weighted by molar-refractivity contribution is -0.130. The van der Waals surface area contributed by atoms with Crippen LogP contribution in [0.3, 0.4) is 0 Å². The molecule has 1 fully saturated rings. The number of nitrogens with one attached hydrogen (secondary N) is 1. The van der Waals surface area contributed by atoms with E-state index in [1.165, 1.54) is 0 Å². The highest BCUT2D eigenvalue weighted by Gasteiger charge is 2.37. The molecule has 1 N–H and O–H groups in total. The summed E-state index contributed by atoms with van der Waals surface area (Å²) in [6, 6.07) is 17.3. The molecule has 2 aromatic carbocycles. The van der Waals surface area contributed by atoms with E-state index < -0.39 is 5.91 Å². The summed E-state index contributed by atoms with van der Waals surface area (Å²) in [6.45, 7) is 1.66. The SMILES string of the molecule is O=C(N/C(=C\c1ccc2c(c1)OCO2)C(=O)N1C[C@H]2C[C@@H](C1)c1cccc(=O)n1C2)c1ccccc1Cl. The Kier molecular flexibility index (Phi) is 5.96. The summed E-state index contributed by atoms with van der Waals surface area (Å²) in [5.74, 6) is 0.646. The smallest absolute Gasteiger partial charge is 0.270 e. The highest BCUT2D eigenvalue weighted by atomic mass is 35.5. The lowest BCUT2D eigenvalue weighted by Gasteiger charge is -2.43. The van der Waals surface area contributed by atoms with Crippen LogP contribution in [0.4, 0.5) is 0 Å². The van der Waals surface area contributed by atoms with Crippen LogP contribution < -0.4 is 20.3 Å². The number of likely N-dealkylation sites (tertiary alicyclic amines) is 1. The molecule has 6 rings (SSSR count). The van der Waals surface area contributed by atoms with Gasteiger partial charge in [-0.25, -0.2) is 0 Å². The lowest BCUT2D eigenvalue weighted by Crippen LogP contribution is -2.50. The van der Waals surface area contributed by atoms with E-state index in [-0.39, 0.29) is 41.4 Å². The highest BCUT2D eigenvalue weighted by molar-refractivity contribution is 6.34. The van der Waals surface area contributed by atoms with Crippen LogP contribution in [0, 0.1) is 5.92 Å². The first-order valence-electron chi connectivity index (χ1n) is 12.1. The normalized spacial score (nSPS) is 19.8. The second kappa shape index (κ2) is 9.44. The zero-order valence-corrected chi connectivity index (χ0v) is 20.6. The molecule has 0 aliphatic carbocycles. The van der Waals surface area contributed by atoms with Gasteiger partial charge in [-0.1, -0.05) is 35.9 Å². The van der Waals surface area contributed by atoms with Gasteiger partial charge in [-0.05, 0) is 54.3 Å². The summed E-state index contributed by atoms with van der Waals surface area (Å²) in [6.07, 6.45) is 2.56. The molecule has 0 radical (unpaired) electrons. The van der Waals surface area contributed by atoms with E-state index in [4.69, 9.17) is 21.1 Å². The standard InChI is InChI=1S/C28H24ClN3O5/c29-21-5-2-1-4-20(21)27(34)30-22(11-17-8-9-24-25(12-17)37-16-36-24)28(35)31-13-18-10-19(15-31)23-6-3-7-26(33)32(23)14-18/h1-9,11-12,18-19H,10,13-16H2,(H,30,34)/b22-11-/t18-,19+/m1/s1. The van der Waals surface area contributed by atoms with Crippen molar-refractivity contribution in [2.75, 3.05) is 19.9 Å². The fourth-order valence-electron chi connectivity index (χ4n) is 5.39. The maximum atomic E-state index is 13.9. The second-order valence-corrected chi connectivity index (χ2v) is 9.92. The third-order valence-corrected chi connectivity index (χ3v) is 7.40. The Bertz CT molecular complexity index is 1500. The van der Waals surface area contributed by atoms with Gasteiger partial charge in [0.1, 0.15) is 5.70 Å². The number of amides is 2. The molecule has 1 saturated heterocycles. The molecule has 8 nitrogen and oxygen atoms in total. The van der Waals surface area contributed by atoms with E-state index in [1.807, 2.05) is 10.6 Å². The molecule has 1 aromatic heterocycles. The van der Waals surface area contributed by atoms with E-state index in [9.17, 15) is 14.4 Å². The van der Waals surface area contributed by atoms with Crippen molar-refractivity contribution >= 4 is 29.5 Å². The Morgan fingerprint density at radius 1 is 0.973 bits per heavy atom. The van der Waals surface area contributed by atoms with E-state index in [0.717, 1.165) is 12.1 Å². The van der Waals surface area contributed by atoms with Crippen LogP contribution >= 0.6 is 11.6 Å². The summed E-state index contributed by atoms with van der Waals surface area (Å²) in [5.41, 5.74) is 2.03. The topological polar surface area (TPSA) is 89.9 Å². The van der Waals surface area contributed by atoms with Crippen LogP contribution in [-0.4, -0.2) is 41.2 Å². The van der Waals surface area contributed by atoms with Gasteiger partial charge in [-0.3, -0.25) is 14.4 Å². The van der Waals surface area contributed by atoms with Crippen LogP contribution in [0.25, 0.3) is 6.08 Å². The molecule has 2 amide bonds. The molecule has 37 heavy (non-hydrogen) atoms. The molecule has 4 heterocycles. The maximum absolute atomic E-state index is 13.9. The van der Waals surface area contributed by atoms with Crippen molar-refractivity contribution in [1.82, 2.24) is 14.8 Å². The van der Waals surface area contributed by atoms with Gasteiger partial charge in [-0.2, -0.15) is 0 Å². The van der Waals surface area contributed by atoms with E-state index in [2.05, 4.69) is 5.32 Å². The number of nitrogens with zero attached hydrogens (tertiary/aromatic N) is 2. The Morgan fingerprint density at radius 2 is 1.81 bits per heavy atom. The predicted molar refractivity (Wildman–Crippen MR) is 138 cm³/mol. The molecular formula is C28H24ClN3O5. The van der Waals surface area contributed by atoms with Crippen LogP contribution in [0.2, 0.25) is 5.02 Å². The van der Waals surface area contributed by atoms with Crippen molar-refractivity contribution in [2.24, 2.45) is 5.92 Å². The number of hydrogen-bond acceptors (Lipinski definition) is 5. The van der Waals surface area contributed by atoms with Gasteiger partial charge in [0, 0.05) is 37.3 Å². The number of carbonyl (C=O) groups is 2. The van der Waals surface area contributed by atoms with E-state index in [0.29, 0.717) is 41.7 Å². The Labute approximate surface area is 218 Å². The molecule has 0 unspecified atom stereocenters. The van der Waals surface area contributed by atoms with Crippen molar-refractivity contribution in [1.29, 1.82) is 0 Å². The van der Waals surface area contributed by atoms with Gasteiger partial charge in [0.25, 0.3) is 17.4 Å². The maximum Gasteiger partial charge on any atom is 0.270 e. The van der Waals surface area contributed by atoms with Crippen molar-refractivity contribution in [2.45, 2.75) is 18.9 Å². The minimum atomic E-state index is -0.472. The first-order valence-corrected chi connectivity index (χ1v) is 12.5. The summed E-state index contributed by atoms with van der Waals surface area (Å²) in [5, 5.41) is 3.10. The molecule has 3 aliphatic rings. The fraction of sp³-hybridized carbons (Fsp3) is 0.250. The number of benzene rings is 2. The Hall–Kier alpha value is -4.04. The number of pyridine rings is 1. The lowest BCUT2D eigenvalue weighted by atomic mass is 9.83. The van der Waals surface area contributed by atoms with Crippen molar-refractivity contribution in [3.8, 4) is 11.5 Å². The Morgan fingerprint density at radius 3 is 2.68 bits per heavy atom. The molecule has 2 bridgehead atoms. The molecule has 0 saturated carbocycles. The monoisotopic (exact) mass is 517 g/mol. The third kappa shape index (κ3) is 4.49. The summed E-state index contributed by atoms with van der Waals surface area (Å²) >= 11 is 6.25. The minimum absolute atomic E-state index is 0.0117. The summed E-state index contributed by atoms with van der Waals surface area (Å²) < 4.78 is 12.7. The second-order valence-electron chi connectivity index (χ2n) is 9.51. The number of carbonyl (C=O) groups excluding carboxylic acids is 2. The quantitative estimate of drug-likeness (QED) is 0.534. The number of aromatic nitrogens is 1. The summed E-state index contributed by atoms with van der Waals surface area (Å²) in [4.78, 5) is 41.2. The first-order chi connectivity index (χ1) is 18.0. The van der Waals surface area contributed by atoms with Gasteiger partial charge in [0.05, 0.1) is 10.6 Å². The third-order valence-electron chi connectivity index (χ3n) is 7.07. The predicted octanol–water partition coefficient (Wildman–Crippen LogP) is 3.65. The highest BCUT2D eigenvalue weighted by Crippen LogP contribution is 2.36. The molecular weight excluding hydrogens is 494 g/mol. The molecule has 0 spiro atoms. The Balaban J connectivity index is 1.32. The molecule has 188 valence electrons. The van der Waals surface area contributed by atoms with Crippen molar-refractivity contribution < 1.29 is 19.1 Å². The van der Waals surface area contributed by atoms with Gasteiger partial charge in [0.2, 0.25) is 6.79 Å².